The second kappa shape index (κ2) is 10.8. The number of furan rings is 1. The summed E-state index contributed by atoms with van der Waals surface area (Å²) in [7, 11) is 2.87. The molecular formula is C25H28N2O7. The molecule has 0 fully saturated rings. The first kappa shape index (κ1) is 24.8. The van der Waals surface area contributed by atoms with Gasteiger partial charge in [0.15, 0.2) is 5.60 Å². The lowest BCUT2D eigenvalue weighted by Gasteiger charge is -2.25. The summed E-state index contributed by atoms with van der Waals surface area (Å²) in [6.07, 6.45) is 2.65. The van der Waals surface area contributed by atoms with Crippen molar-refractivity contribution in [3.8, 4) is 11.5 Å². The Bertz CT molecular complexity index is 1110. The maximum absolute atomic E-state index is 13.0. The maximum atomic E-state index is 13.0. The van der Waals surface area contributed by atoms with E-state index in [1.54, 1.807) is 37.6 Å². The second-order valence-corrected chi connectivity index (χ2v) is 8.04. The van der Waals surface area contributed by atoms with Crippen molar-refractivity contribution in [1.29, 1.82) is 0 Å². The van der Waals surface area contributed by atoms with Crippen LogP contribution in [0.2, 0.25) is 0 Å². The van der Waals surface area contributed by atoms with Crippen molar-refractivity contribution >= 4 is 17.7 Å². The Hall–Kier alpha value is -3.85. The summed E-state index contributed by atoms with van der Waals surface area (Å²) >= 11 is 0. The van der Waals surface area contributed by atoms with Crippen molar-refractivity contribution in [2.45, 2.75) is 32.5 Å². The number of rotatable bonds is 10. The van der Waals surface area contributed by atoms with E-state index in [9.17, 15) is 9.59 Å². The number of methoxy groups -OCH3 is 2. The smallest absolute Gasteiger partial charge is 0.339 e. The lowest BCUT2D eigenvalue weighted by molar-refractivity contribution is 0.0600. The van der Waals surface area contributed by atoms with Crippen molar-refractivity contribution in [3.05, 3.63) is 71.8 Å². The topological polar surface area (TPSA) is 109 Å². The minimum Gasteiger partial charge on any atom is -0.488 e. The molecule has 34 heavy (non-hydrogen) atoms. The van der Waals surface area contributed by atoms with Crippen LogP contribution in [0.1, 0.15) is 47.2 Å². The summed E-state index contributed by atoms with van der Waals surface area (Å²) in [5.74, 6) is 0.826. The number of benzene rings is 1. The van der Waals surface area contributed by atoms with Crippen LogP contribution in [0.25, 0.3) is 0 Å². The fourth-order valence-corrected chi connectivity index (χ4v) is 3.19. The normalized spacial score (nSPS) is 12.0. The van der Waals surface area contributed by atoms with Crippen LogP contribution in [-0.2, 0) is 15.1 Å². The molecule has 2 aromatic heterocycles. The quantitative estimate of drug-likeness (QED) is 0.435. The Morgan fingerprint density at radius 2 is 1.85 bits per heavy atom. The van der Waals surface area contributed by atoms with Crippen molar-refractivity contribution in [1.82, 2.24) is 4.98 Å². The molecule has 0 saturated heterocycles. The van der Waals surface area contributed by atoms with Crippen molar-refractivity contribution in [2.75, 3.05) is 26.1 Å². The summed E-state index contributed by atoms with van der Waals surface area (Å²) in [5.41, 5.74) is -0.218. The van der Waals surface area contributed by atoms with E-state index in [-0.39, 0.29) is 17.5 Å². The van der Waals surface area contributed by atoms with Gasteiger partial charge < -0.3 is 28.7 Å². The first-order valence-electron chi connectivity index (χ1n) is 10.6. The van der Waals surface area contributed by atoms with Gasteiger partial charge in [-0.3, -0.25) is 4.79 Å². The fraction of sp³-hybridized carbons (Fsp3) is 0.320. The monoisotopic (exact) mass is 468 g/mol. The summed E-state index contributed by atoms with van der Waals surface area (Å²) < 4.78 is 27.4. The summed E-state index contributed by atoms with van der Waals surface area (Å²) in [6.45, 7) is 5.95. The molecule has 3 rings (SSSR count). The number of ether oxygens (including phenoxy) is 4. The number of nitrogens with zero attached hydrogens (tertiary/aromatic N) is 1. The molecule has 3 aromatic rings. The van der Waals surface area contributed by atoms with E-state index < -0.39 is 17.5 Å². The third-order valence-electron chi connectivity index (χ3n) is 4.79. The third kappa shape index (κ3) is 6.35. The van der Waals surface area contributed by atoms with Crippen LogP contribution >= 0.6 is 0 Å². The number of carbonyl (C=O) groups excluding carboxylic acids is 2. The molecule has 0 bridgehead atoms. The van der Waals surface area contributed by atoms with Crippen molar-refractivity contribution in [2.24, 2.45) is 0 Å². The van der Waals surface area contributed by atoms with E-state index in [4.69, 9.17) is 18.6 Å². The van der Waals surface area contributed by atoms with Gasteiger partial charge in [-0.15, -0.1) is 0 Å². The molecule has 0 aliphatic carbocycles. The molecule has 9 heteroatoms. The van der Waals surface area contributed by atoms with Gasteiger partial charge in [0.25, 0.3) is 5.91 Å². The van der Waals surface area contributed by atoms with Crippen LogP contribution in [0, 0.1) is 0 Å². The summed E-state index contributed by atoms with van der Waals surface area (Å²) in [4.78, 5) is 28.7. The highest BCUT2D eigenvalue weighted by Gasteiger charge is 2.27. The number of anilines is 1. The molecule has 180 valence electrons. The number of carbonyl (C=O) groups is 2. The molecule has 0 unspecified atom stereocenters. The fourth-order valence-electron chi connectivity index (χ4n) is 3.19. The Kier molecular flexibility index (Phi) is 7.91. The zero-order valence-electron chi connectivity index (χ0n) is 19.8. The molecule has 0 spiro atoms. The van der Waals surface area contributed by atoms with E-state index in [2.05, 4.69) is 15.0 Å². The van der Waals surface area contributed by atoms with Crippen LogP contribution < -0.4 is 14.8 Å². The molecule has 1 N–H and O–H groups in total. The number of aromatic nitrogens is 1. The van der Waals surface area contributed by atoms with Gasteiger partial charge in [0, 0.05) is 24.9 Å². The van der Waals surface area contributed by atoms with Crippen LogP contribution in [0.4, 0.5) is 5.82 Å². The average molecular weight is 469 g/mol. The lowest BCUT2D eigenvalue weighted by Crippen LogP contribution is -2.25. The van der Waals surface area contributed by atoms with Gasteiger partial charge in [-0.1, -0.05) is 0 Å². The number of hydrogen-bond donors (Lipinski definition) is 1. The number of pyridine rings is 1. The van der Waals surface area contributed by atoms with Crippen LogP contribution in [-0.4, -0.2) is 43.8 Å². The molecule has 1 atom stereocenters. The number of hydrogen-bond acceptors (Lipinski definition) is 8. The Morgan fingerprint density at radius 3 is 2.47 bits per heavy atom. The van der Waals surface area contributed by atoms with Gasteiger partial charge >= 0.3 is 5.97 Å². The molecule has 0 saturated carbocycles. The van der Waals surface area contributed by atoms with Gasteiger partial charge in [-0.05, 0) is 57.2 Å². The summed E-state index contributed by atoms with van der Waals surface area (Å²) in [5, 5.41) is 2.71. The van der Waals surface area contributed by atoms with Gasteiger partial charge in [0.2, 0.25) is 0 Å². The molecule has 0 radical (unpaired) electrons. The third-order valence-corrected chi connectivity index (χ3v) is 4.79. The highest BCUT2D eigenvalue weighted by Crippen LogP contribution is 2.32. The molecule has 9 nitrogen and oxygen atoms in total. The van der Waals surface area contributed by atoms with Gasteiger partial charge in [-0.2, -0.15) is 0 Å². The first-order valence-corrected chi connectivity index (χ1v) is 10.6. The molecule has 0 aliphatic rings. The predicted molar refractivity (Wildman–Crippen MR) is 124 cm³/mol. The standard InChI is InChI=1S/C25H28N2O7/c1-16(15-30-4)33-19-11-18(12-20(13-19)34-25(2,3)21-7-6-10-32-21)23(28)27-22-9-8-17(14-26-22)24(29)31-5/h6-14,16H,15H2,1-5H3,(H,26,27,28)/t16-/m0/s1. The zero-order chi connectivity index (χ0) is 24.7. The number of esters is 1. The second-order valence-electron chi connectivity index (χ2n) is 8.04. The predicted octanol–water partition coefficient (Wildman–Crippen LogP) is 4.44. The van der Waals surface area contributed by atoms with E-state index in [0.29, 0.717) is 29.4 Å². The van der Waals surface area contributed by atoms with Crippen molar-refractivity contribution < 1.29 is 33.0 Å². The van der Waals surface area contributed by atoms with Crippen molar-refractivity contribution in [3.63, 3.8) is 0 Å². The Balaban J connectivity index is 1.86. The number of amides is 1. The van der Waals surface area contributed by atoms with Gasteiger partial charge in [0.1, 0.15) is 29.2 Å². The molecule has 1 amide bonds. The largest absolute Gasteiger partial charge is 0.488 e. The van der Waals surface area contributed by atoms with Gasteiger partial charge in [0.05, 0.1) is 25.5 Å². The molecule has 0 aliphatic heterocycles. The SMILES string of the molecule is COC[C@H](C)Oc1cc(OC(C)(C)c2ccco2)cc(C(=O)Nc2ccc(C(=O)OC)cn2)c1. The van der Waals surface area contributed by atoms with Crippen LogP contribution in [0.5, 0.6) is 11.5 Å². The Morgan fingerprint density at radius 1 is 1.09 bits per heavy atom. The highest BCUT2D eigenvalue weighted by atomic mass is 16.5. The van der Waals surface area contributed by atoms with E-state index in [1.807, 2.05) is 26.8 Å². The average Bonchev–Trinajstić information content (AvgIpc) is 3.35. The van der Waals surface area contributed by atoms with E-state index >= 15 is 0 Å². The molecular weight excluding hydrogens is 440 g/mol. The summed E-state index contributed by atoms with van der Waals surface area (Å²) in [6, 6.07) is 11.6. The Labute approximate surface area is 198 Å². The van der Waals surface area contributed by atoms with E-state index in [0.717, 1.165) is 0 Å². The van der Waals surface area contributed by atoms with Crippen LogP contribution in [0.3, 0.4) is 0 Å². The maximum Gasteiger partial charge on any atom is 0.339 e. The molecule has 2 heterocycles. The van der Waals surface area contributed by atoms with Crippen LogP contribution in [0.15, 0.2) is 59.3 Å². The highest BCUT2D eigenvalue weighted by molar-refractivity contribution is 6.04. The van der Waals surface area contributed by atoms with E-state index in [1.165, 1.54) is 25.4 Å². The first-order chi connectivity index (χ1) is 16.2. The zero-order valence-corrected chi connectivity index (χ0v) is 19.8. The van der Waals surface area contributed by atoms with Gasteiger partial charge in [-0.25, -0.2) is 9.78 Å². The minimum atomic E-state index is -0.792. The number of nitrogens with one attached hydrogen (secondary N) is 1. The minimum absolute atomic E-state index is 0.248. The molecule has 1 aromatic carbocycles. The lowest BCUT2D eigenvalue weighted by atomic mass is 10.1.